The van der Waals surface area contributed by atoms with Crippen LogP contribution in [0.4, 0.5) is 24.5 Å². The highest BCUT2D eigenvalue weighted by molar-refractivity contribution is 5.76. The number of benzene rings is 2. The van der Waals surface area contributed by atoms with Crippen molar-refractivity contribution in [1.29, 1.82) is 5.26 Å². The lowest BCUT2D eigenvalue weighted by molar-refractivity contribution is -0.137. The number of carbonyl (C=O) groups is 1. The smallest absolute Gasteiger partial charge is 0.371 e. The van der Waals surface area contributed by atoms with E-state index < -0.39 is 11.7 Å². The SMILES string of the molecule is C.N#Cc1ccc(N2CCC(NC(=O)CCCN3CCN(c4ccccc4)CC3)CC2)cc1C(F)(F)F. The second-order valence-corrected chi connectivity index (χ2v) is 9.44. The lowest BCUT2D eigenvalue weighted by Gasteiger charge is -2.36. The third-order valence-electron chi connectivity index (χ3n) is 7.03. The normalized spacial score (nSPS) is 17.1. The maximum atomic E-state index is 13.3. The van der Waals surface area contributed by atoms with Gasteiger partial charge in [-0.3, -0.25) is 9.69 Å². The van der Waals surface area contributed by atoms with Crippen LogP contribution in [-0.4, -0.2) is 62.7 Å². The lowest BCUT2D eigenvalue weighted by atomic mass is 10.0. The van der Waals surface area contributed by atoms with E-state index in [9.17, 15) is 18.0 Å². The number of piperidine rings is 1. The average Bonchev–Trinajstić information content (AvgIpc) is 2.89. The molecule has 0 unspecified atom stereocenters. The van der Waals surface area contributed by atoms with Gasteiger partial charge in [-0.15, -0.1) is 0 Å². The lowest BCUT2D eigenvalue weighted by Crippen LogP contribution is -2.47. The Labute approximate surface area is 217 Å². The maximum Gasteiger partial charge on any atom is 0.417 e. The summed E-state index contributed by atoms with van der Waals surface area (Å²) in [4.78, 5) is 19.1. The molecule has 2 aliphatic heterocycles. The van der Waals surface area contributed by atoms with Crippen LogP contribution in [0.15, 0.2) is 48.5 Å². The molecule has 2 heterocycles. The highest BCUT2D eigenvalue weighted by Gasteiger charge is 2.34. The molecular weight excluding hydrogens is 479 g/mol. The van der Waals surface area contributed by atoms with Crippen LogP contribution in [0, 0.1) is 11.3 Å². The predicted octanol–water partition coefficient (Wildman–Crippen LogP) is 4.90. The molecule has 0 aliphatic carbocycles. The van der Waals surface area contributed by atoms with Crippen molar-refractivity contribution in [3.63, 3.8) is 0 Å². The molecular formula is C28H36F3N5O. The van der Waals surface area contributed by atoms with Gasteiger partial charge in [-0.05, 0) is 56.1 Å². The average molecular weight is 516 g/mol. The second kappa shape index (κ2) is 12.8. The Morgan fingerprint density at radius 2 is 1.59 bits per heavy atom. The Balaban J connectivity index is 0.00000380. The number of hydrogen-bond donors (Lipinski definition) is 1. The van der Waals surface area contributed by atoms with Crippen molar-refractivity contribution < 1.29 is 18.0 Å². The number of hydrogen-bond acceptors (Lipinski definition) is 5. The quantitative estimate of drug-likeness (QED) is 0.568. The first-order valence-corrected chi connectivity index (χ1v) is 12.5. The standard InChI is InChI=1S/C27H32F3N5O.CH4/c28-27(29,30)25-19-24(9-8-21(25)20-31)34-13-10-22(11-14-34)32-26(36)7-4-12-33-15-17-35(18-16-33)23-5-2-1-3-6-23;/h1-3,5-6,8-9,19,22H,4,7,10-18H2,(H,32,36);1H4. The molecule has 2 saturated heterocycles. The molecule has 37 heavy (non-hydrogen) atoms. The fraction of sp³-hybridized carbons (Fsp3) is 0.500. The van der Waals surface area contributed by atoms with E-state index in [0.29, 0.717) is 38.0 Å². The molecule has 1 amide bonds. The molecule has 2 aromatic carbocycles. The largest absolute Gasteiger partial charge is 0.417 e. The molecule has 0 atom stereocenters. The minimum Gasteiger partial charge on any atom is -0.371 e. The van der Waals surface area contributed by atoms with Gasteiger partial charge in [0.1, 0.15) is 0 Å². The van der Waals surface area contributed by atoms with E-state index in [1.807, 2.05) is 11.0 Å². The summed E-state index contributed by atoms with van der Waals surface area (Å²) in [6, 6.07) is 15.9. The zero-order valence-corrected chi connectivity index (χ0v) is 20.3. The number of piperazine rings is 1. The number of amides is 1. The number of nitriles is 1. The summed E-state index contributed by atoms with van der Waals surface area (Å²) in [5.74, 6) is 0.0362. The zero-order chi connectivity index (χ0) is 25.5. The first-order valence-electron chi connectivity index (χ1n) is 12.5. The van der Waals surface area contributed by atoms with Crippen molar-refractivity contribution in [1.82, 2.24) is 10.2 Å². The molecule has 0 saturated carbocycles. The highest BCUT2D eigenvalue weighted by atomic mass is 19.4. The van der Waals surface area contributed by atoms with Gasteiger partial charge < -0.3 is 15.1 Å². The van der Waals surface area contributed by atoms with Gasteiger partial charge in [0.15, 0.2) is 0 Å². The van der Waals surface area contributed by atoms with Crippen LogP contribution >= 0.6 is 0 Å². The van der Waals surface area contributed by atoms with Gasteiger partial charge in [0.2, 0.25) is 5.91 Å². The Bertz CT molecular complexity index is 1050. The molecule has 0 spiro atoms. The third kappa shape index (κ3) is 7.62. The number of carbonyl (C=O) groups excluding carboxylic acids is 1. The summed E-state index contributed by atoms with van der Waals surface area (Å²) < 4.78 is 39.8. The van der Waals surface area contributed by atoms with Crippen molar-refractivity contribution in [3.05, 3.63) is 59.7 Å². The zero-order valence-electron chi connectivity index (χ0n) is 20.3. The van der Waals surface area contributed by atoms with Crippen molar-refractivity contribution in [3.8, 4) is 6.07 Å². The van der Waals surface area contributed by atoms with E-state index >= 15 is 0 Å². The van der Waals surface area contributed by atoms with Crippen LogP contribution in [0.3, 0.4) is 0 Å². The molecule has 0 bridgehead atoms. The van der Waals surface area contributed by atoms with E-state index in [0.717, 1.165) is 45.2 Å². The number of para-hydroxylation sites is 1. The molecule has 200 valence electrons. The minimum atomic E-state index is -4.57. The van der Waals surface area contributed by atoms with Crippen LogP contribution in [0.1, 0.15) is 44.2 Å². The molecule has 9 heteroatoms. The molecule has 1 N–H and O–H groups in total. The van der Waals surface area contributed by atoms with E-state index in [2.05, 4.69) is 39.4 Å². The van der Waals surface area contributed by atoms with Gasteiger partial charge in [-0.2, -0.15) is 18.4 Å². The Hall–Kier alpha value is -3.25. The van der Waals surface area contributed by atoms with Crippen LogP contribution < -0.4 is 15.1 Å². The van der Waals surface area contributed by atoms with Crippen molar-refractivity contribution in [2.75, 3.05) is 55.6 Å². The first-order chi connectivity index (χ1) is 17.3. The summed E-state index contributed by atoms with van der Waals surface area (Å²) in [5.41, 5.74) is 0.437. The fourth-order valence-corrected chi connectivity index (χ4v) is 4.97. The molecule has 2 fully saturated rings. The monoisotopic (exact) mass is 515 g/mol. The van der Waals surface area contributed by atoms with Crippen molar-refractivity contribution in [2.24, 2.45) is 0 Å². The first kappa shape index (κ1) is 28.3. The van der Waals surface area contributed by atoms with Crippen LogP contribution in [0.5, 0.6) is 0 Å². The van der Waals surface area contributed by atoms with Gasteiger partial charge in [0.05, 0.1) is 17.2 Å². The molecule has 4 rings (SSSR count). The molecule has 2 aliphatic rings. The fourth-order valence-electron chi connectivity index (χ4n) is 4.97. The Morgan fingerprint density at radius 3 is 2.22 bits per heavy atom. The van der Waals surface area contributed by atoms with Crippen LogP contribution in [-0.2, 0) is 11.0 Å². The summed E-state index contributed by atoms with van der Waals surface area (Å²) in [6.07, 6.45) is -1.93. The third-order valence-corrected chi connectivity index (χ3v) is 7.03. The summed E-state index contributed by atoms with van der Waals surface area (Å²) in [6.45, 7) is 5.95. The van der Waals surface area contributed by atoms with Gasteiger partial charge in [-0.1, -0.05) is 25.6 Å². The summed E-state index contributed by atoms with van der Waals surface area (Å²) in [7, 11) is 0. The molecule has 6 nitrogen and oxygen atoms in total. The summed E-state index contributed by atoms with van der Waals surface area (Å²) in [5, 5.41) is 12.1. The molecule has 0 aromatic heterocycles. The van der Waals surface area contributed by atoms with Crippen molar-refractivity contribution >= 4 is 17.3 Å². The number of nitrogens with zero attached hydrogens (tertiary/aromatic N) is 4. The maximum absolute atomic E-state index is 13.3. The van der Waals surface area contributed by atoms with Crippen molar-refractivity contribution in [2.45, 2.75) is 45.3 Å². The van der Waals surface area contributed by atoms with E-state index in [-0.39, 0.29) is 24.9 Å². The summed E-state index contributed by atoms with van der Waals surface area (Å²) >= 11 is 0. The van der Waals surface area contributed by atoms with Crippen LogP contribution in [0.2, 0.25) is 0 Å². The number of nitrogens with one attached hydrogen (secondary N) is 1. The van der Waals surface area contributed by atoms with Gasteiger partial charge >= 0.3 is 6.18 Å². The van der Waals surface area contributed by atoms with E-state index in [1.165, 1.54) is 11.8 Å². The van der Waals surface area contributed by atoms with E-state index in [4.69, 9.17) is 5.26 Å². The highest BCUT2D eigenvalue weighted by Crippen LogP contribution is 2.35. The number of alkyl halides is 3. The minimum absolute atomic E-state index is 0. The Kier molecular flexibility index (Phi) is 9.81. The van der Waals surface area contributed by atoms with Crippen LogP contribution in [0.25, 0.3) is 0 Å². The number of anilines is 2. The Morgan fingerprint density at radius 1 is 0.946 bits per heavy atom. The topological polar surface area (TPSA) is 62.6 Å². The second-order valence-electron chi connectivity index (χ2n) is 9.44. The van der Waals surface area contributed by atoms with E-state index in [1.54, 1.807) is 12.1 Å². The molecule has 2 aromatic rings. The van der Waals surface area contributed by atoms with Gasteiger partial charge in [-0.25, -0.2) is 0 Å². The van der Waals surface area contributed by atoms with Gasteiger partial charge in [0.25, 0.3) is 0 Å². The molecule has 0 radical (unpaired) electrons. The predicted molar refractivity (Wildman–Crippen MR) is 141 cm³/mol. The number of halogens is 3. The number of rotatable bonds is 7. The van der Waals surface area contributed by atoms with Gasteiger partial charge in [0, 0.05) is 63.1 Å².